The standard InChI is InChI=1S/C17H13NO2/c19-16-14(11-12-7-3-1-4-8-12)18-17(20)15(16)13-9-5-2-6-10-13/h1-11,19H,(H,18,20)/b14-11+. The van der Waals surface area contributed by atoms with Crippen LogP contribution in [0.5, 0.6) is 0 Å². The van der Waals surface area contributed by atoms with Crippen molar-refractivity contribution in [2.45, 2.75) is 0 Å². The minimum absolute atomic E-state index is 0.00921. The van der Waals surface area contributed by atoms with Crippen LogP contribution in [0.1, 0.15) is 11.1 Å². The van der Waals surface area contributed by atoms with Gasteiger partial charge in [0.05, 0.1) is 11.3 Å². The highest BCUT2D eigenvalue weighted by atomic mass is 16.3. The first-order valence-electron chi connectivity index (χ1n) is 6.33. The van der Waals surface area contributed by atoms with E-state index in [1.54, 1.807) is 18.2 Å². The molecule has 3 rings (SSSR count). The summed E-state index contributed by atoms with van der Waals surface area (Å²) in [4.78, 5) is 12.0. The normalized spacial score (nSPS) is 16.6. The quantitative estimate of drug-likeness (QED) is 0.874. The Morgan fingerprint density at radius 1 is 0.900 bits per heavy atom. The van der Waals surface area contributed by atoms with Gasteiger partial charge in [0.25, 0.3) is 5.91 Å². The fraction of sp³-hybridized carbons (Fsp3) is 0. The van der Waals surface area contributed by atoms with Crippen molar-refractivity contribution in [3.8, 4) is 0 Å². The first-order chi connectivity index (χ1) is 9.75. The predicted octanol–water partition coefficient (Wildman–Crippen LogP) is 3.13. The van der Waals surface area contributed by atoms with Crippen molar-refractivity contribution < 1.29 is 9.90 Å². The summed E-state index contributed by atoms with van der Waals surface area (Å²) in [6, 6.07) is 18.7. The van der Waals surface area contributed by atoms with E-state index in [2.05, 4.69) is 5.32 Å². The molecule has 0 aliphatic carbocycles. The minimum Gasteiger partial charge on any atom is -0.505 e. The first kappa shape index (κ1) is 12.2. The van der Waals surface area contributed by atoms with Gasteiger partial charge >= 0.3 is 0 Å². The molecule has 1 heterocycles. The molecule has 98 valence electrons. The highest BCUT2D eigenvalue weighted by Crippen LogP contribution is 2.28. The average Bonchev–Trinajstić information content (AvgIpc) is 2.75. The molecule has 0 spiro atoms. The molecule has 2 aromatic carbocycles. The fourth-order valence-electron chi connectivity index (χ4n) is 2.18. The van der Waals surface area contributed by atoms with Crippen LogP contribution in [-0.4, -0.2) is 11.0 Å². The van der Waals surface area contributed by atoms with E-state index >= 15 is 0 Å². The number of hydrogen-bond donors (Lipinski definition) is 2. The number of benzene rings is 2. The number of carbonyl (C=O) groups is 1. The van der Waals surface area contributed by atoms with E-state index in [9.17, 15) is 9.90 Å². The third-order valence-electron chi connectivity index (χ3n) is 3.14. The second kappa shape index (κ2) is 5.05. The lowest BCUT2D eigenvalue weighted by molar-refractivity contribution is -0.114. The number of amides is 1. The van der Waals surface area contributed by atoms with Gasteiger partial charge in [-0.3, -0.25) is 4.79 Å². The maximum atomic E-state index is 12.0. The molecule has 2 N–H and O–H groups in total. The minimum atomic E-state index is -0.282. The number of hydrogen-bond acceptors (Lipinski definition) is 2. The van der Waals surface area contributed by atoms with Gasteiger partial charge in [-0.25, -0.2) is 0 Å². The largest absolute Gasteiger partial charge is 0.505 e. The summed E-state index contributed by atoms with van der Waals surface area (Å²) in [5, 5.41) is 13.0. The van der Waals surface area contributed by atoms with Gasteiger partial charge in [-0.2, -0.15) is 0 Å². The molecule has 0 unspecified atom stereocenters. The number of nitrogens with one attached hydrogen (secondary N) is 1. The molecule has 1 aliphatic rings. The lowest BCUT2D eigenvalue weighted by atomic mass is 10.1. The predicted molar refractivity (Wildman–Crippen MR) is 78.6 cm³/mol. The average molecular weight is 263 g/mol. The van der Waals surface area contributed by atoms with Crippen LogP contribution >= 0.6 is 0 Å². The smallest absolute Gasteiger partial charge is 0.260 e. The Labute approximate surface area is 116 Å². The van der Waals surface area contributed by atoms with Crippen LogP contribution < -0.4 is 5.32 Å². The summed E-state index contributed by atoms with van der Waals surface area (Å²) in [5.74, 6) is -0.291. The molecular formula is C17H13NO2. The second-order valence-corrected chi connectivity index (χ2v) is 4.51. The molecule has 3 heteroatoms. The Balaban J connectivity index is 2.03. The van der Waals surface area contributed by atoms with Crippen molar-refractivity contribution in [3.05, 3.63) is 83.2 Å². The Bertz CT molecular complexity index is 700. The van der Waals surface area contributed by atoms with Crippen molar-refractivity contribution in [1.82, 2.24) is 5.32 Å². The molecule has 3 nitrogen and oxygen atoms in total. The van der Waals surface area contributed by atoms with Crippen LogP contribution in [0.15, 0.2) is 72.1 Å². The number of aliphatic hydroxyl groups excluding tert-OH is 1. The number of carbonyl (C=O) groups excluding carboxylic acids is 1. The second-order valence-electron chi connectivity index (χ2n) is 4.51. The van der Waals surface area contributed by atoms with Crippen LogP contribution in [-0.2, 0) is 4.79 Å². The highest BCUT2D eigenvalue weighted by molar-refractivity contribution is 6.24. The van der Waals surface area contributed by atoms with Crippen molar-refractivity contribution in [3.63, 3.8) is 0 Å². The van der Waals surface area contributed by atoms with Gasteiger partial charge in [-0.15, -0.1) is 0 Å². The van der Waals surface area contributed by atoms with Gasteiger partial charge in [-0.1, -0.05) is 60.7 Å². The maximum Gasteiger partial charge on any atom is 0.260 e. The topological polar surface area (TPSA) is 49.3 Å². The molecule has 0 saturated heterocycles. The summed E-state index contributed by atoms with van der Waals surface area (Å²) in [6.07, 6.45) is 1.75. The van der Waals surface area contributed by atoms with Crippen molar-refractivity contribution in [2.24, 2.45) is 0 Å². The first-order valence-corrected chi connectivity index (χ1v) is 6.33. The maximum absolute atomic E-state index is 12.0. The third kappa shape index (κ3) is 2.21. The van der Waals surface area contributed by atoms with Gasteiger partial charge in [0, 0.05) is 0 Å². The third-order valence-corrected chi connectivity index (χ3v) is 3.14. The molecule has 20 heavy (non-hydrogen) atoms. The van der Waals surface area contributed by atoms with Crippen molar-refractivity contribution >= 4 is 17.6 Å². The zero-order valence-electron chi connectivity index (χ0n) is 10.7. The summed E-state index contributed by atoms with van der Waals surface area (Å²) in [6.45, 7) is 0. The molecule has 0 bridgehead atoms. The summed E-state index contributed by atoms with van der Waals surface area (Å²) < 4.78 is 0. The van der Waals surface area contributed by atoms with E-state index in [4.69, 9.17) is 0 Å². The SMILES string of the molecule is O=C1N/C(=C/c2ccccc2)C(O)=C1c1ccccc1. The molecule has 0 radical (unpaired) electrons. The monoisotopic (exact) mass is 263 g/mol. The molecule has 0 fully saturated rings. The lowest BCUT2D eigenvalue weighted by Gasteiger charge is -1.99. The highest BCUT2D eigenvalue weighted by Gasteiger charge is 2.27. The summed E-state index contributed by atoms with van der Waals surface area (Å²) in [5.41, 5.74) is 2.37. The van der Waals surface area contributed by atoms with E-state index < -0.39 is 0 Å². The van der Waals surface area contributed by atoms with E-state index in [-0.39, 0.29) is 11.7 Å². The zero-order valence-corrected chi connectivity index (χ0v) is 10.7. The molecule has 0 saturated carbocycles. The molecule has 0 atom stereocenters. The molecular weight excluding hydrogens is 250 g/mol. The molecule has 1 amide bonds. The summed E-state index contributed by atoms with van der Waals surface area (Å²) in [7, 11) is 0. The Kier molecular flexibility index (Phi) is 3.09. The van der Waals surface area contributed by atoms with Crippen molar-refractivity contribution in [1.29, 1.82) is 0 Å². The molecule has 0 aromatic heterocycles. The van der Waals surface area contributed by atoms with E-state index in [0.29, 0.717) is 16.8 Å². The van der Waals surface area contributed by atoms with Crippen LogP contribution in [0.25, 0.3) is 11.6 Å². The Morgan fingerprint density at radius 3 is 2.15 bits per heavy atom. The fourth-order valence-corrected chi connectivity index (χ4v) is 2.18. The Hall–Kier alpha value is -2.81. The van der Waals surface area contributed by atoms with Crippen LogP contribution in [0.2, 0.25) is 0 Å². The lowest BCUT2D eigenvalue weighted by Crippen LogP contribution is -2.15. The van der Waals surface area contributed by atoms with Gasteiger partial charge < -0.3 is 10.4 Å². The van der Waals surface area contributed by atoms with Gasteiger partial charge in [0.1, 0.15) is 0 Å². The number of aliphatic hydroxyl groups is 1. The van der Waals surface area contributed by atoms with Gasteiger partial charge in [-0.05, 0) is 17.2 Å². The van der Waals surface area contributed by atoms with Crippen LogP contribution in [0.4, 0.5) is 0 Å². The molecule has 2 aromatic rings. The summed E-state index contributed by atoms with van der Waals surface area (Å²) >= 11 is 0. The van der Waals surface area contributed by atoms with Crippen molar-refractivity contribution in [2.75, 3.05) is 0 Å². The van der Waals surface area contributed by atoms with E-state index in [0.717, 1.165) is 5.56 Å². The number of rotatable bonds is 2. The van der Waals surface area contributed by atoms with Gasteiger partial charge in [0.15, 0.2) is 5.76 Å². The molecule has 1 aliphatic heterocycles. The van der Waals surface area contributed by atoms with Crippen LogP contribution in [0.3, 0.4) is 0 Å². The van der Waals surface area contributed by atoms with Crippen LogP contribution in [0, 0.1) is 0 Å². The van der Waals surface area contributed by atoms with E-state index in [1.807, 2.05) is 48.5 Å². The van der Waals surface area contributed by atoms with Gasteiger partial charge in [0.2, 0.25) is 0 Å². The Morgan fingerprint density at radius 2 is 1.50 bits per heavy atom. The zero-order chi connectivity index (χ0) is 13.9. The van der Waals surface area contributed by atoms with E-state index in [1.165, 1.54) is 0 Å².